The number of pyridine rings is 1. The molecule has 0 bridgehead atoms. The van der Waals surface area contributed by atoms with E-state index in [-0.39, 0.29) is 12.4 Å². The Kier molecular flexibility index (Phi) is 3.23. The Morgan fingerprint density at radius 1 is 1.05 bits per heavy atom. The van der Waals surface area contributed by atoms with Crippen molar-refractivity contribution in [2.45, 2.75) is 6.61 Å². The van der Waals surface area contributed by atoms with Gasteiger partial charge in [0.05, 0.1) is 6.61 Å². The Morgan fingerprint density at radius 3 is 2.80 bits per heavy atom. The van der Waals surface area contributed by atoms with Gasteiger partial charge < -0.3 is 14.9 Å². The minimum atomic E-state index is -0.0407. The molecule has 1 heterocycles. The maximum Gasteiger partial charge on any atom is 0.227 e. The van der Waals surface area contributed by atoms with Crippen molar-refractivity contribution in [2.75, 3.05) is 0 Å². The molecule has 1 aromatic heterocycles. The van der Waals surface area contributed by atoms with Gasteiger partial charge in [0.25, 0.3) is 0 Å². The quantitative estimate of drug-likeness (QED) is 0.764. The highest BCUT2D eigenvalue weighted by atomic mass is 16.5. The zero-order valence-electron chi connectivity index (χ0n) is 10.7. The molecule has 0 atom stereocenters. The van der Waals surface area contributed by atoms with E-state index in [2.05, 4.69) is 4.98 Å². The van der Waals surface area contributed by atoms with Gasteiger partial charge in [0.15, 0.2) is 0 Å². The molecule has 0 unspecified atom stereocenters. The molecule has 20 heavy (non-hydrogen) atoms. The van der Waals surface area contributed by atoms with E-state index in [9.17, 15) is 5.11 Å². The lowest BCUT2D eigenvalue weighted by atomic mass is 10.1. The third-order valence-electron chi connectivity index (χ3n) is 3.01. The second-order valence-corrected chi connectivity index (χ2v) is 4.43. The number of ether oxygens (including phenoxy) is 1. The first-order valence-corrected chi connectivity index (χ1v) is 6.21. The summed E-state index contributed by atoms with van der Waals surface area (Å²) in [5.41, 5.74) is 0.769. The lowest BCUT2D eigenvalue weighted by Gasteiger charge is -2.09. The Morgan fingerprint density at radius 2 is 1.95 bits per heavy atom. The third-order valence-corrected chi connectivity index (χ3v) is 3.01. The molecule has 4 heteroatoms. The highest BCUT2D eigenvalue weighted by Crippen LogP contribution is 2.30. The number of aliphatic hydroxyl groups excluding tert-OH is 1. The standard InChI is InChI=1S/C16H13NO3/c18-10-11-2-1-3-14(8-11)20-16-15-9-13(19)5-4-12(15)6-7-17-16/h1-9,18-19H,10H2. The first-order chi connectivity index (χ1) is 9.76. The molecule has 3 aromatic rings. The number of fused-ring (bicyclic) bond motifs is 1. The summed E-state index contributed by atoms with van der Waals surface area (Å²) in [4.78, 5) is 4.20. The summed E-state index contributed by atoms with van der Waals surface area (Å²) < 4.78 is 5.76. The normalized spacial score (nSPS) is 10.7. The van der Waals surface area contributed by atoms with Crippen LogP contribution in [0, 0.1) is 0 Å². The van der Waals surface area contributed by atoms with Gasteiger partial charge in [0.1, 0.15) is 11.5 Å². The fourth-order valence-electron chi connectivity index (χ4n) is 2.03. The van der Waals surface area contributed by atoms with Gasteiger partial charge in [-0.1, -0.05) is 18.2 Å². The Balaban J connectivity index is 2.03. The first kappa shape index (κ1) is 12.4. The topological polar surface area (TPSA) is 62.6 Å². The number of aromatic nitrogens is 1. The SMILES string of the molecule is OCc1cccc(Oc2nccc3ccc(O)cc23)c1. The van der Waals surface area contributed by atoms with Crippen molar-refractivity contribution in [3.8, 4) is 17.4 Å². The van der Waals surface area contributed by atoms with Crippen molar-refractivity contribution in [1.29, 1.82) is 0 Å². The number of rotatable bonds is 3. The summed E-state index contributed by atoms with van der Waals surface area (Å²) in [6, 6.07) is 14.1. The minimum Gasteiger partial charge on any atom is -0.508 e. The second-order valence-electron chi connectivity index (χ2n) is 4.43. The molecule has 0 spiro atoms. The van der Waals surface area contributed by atoms with Gasteiger partial charge in [-0.05, 0) is 41.3 Å². The molecule has 0 saturated heterocycles. The van der Waals surface area contributed by atoms with E-state index in [4.69, 9.17) is 9.84 Å². The minimum absolute atomic E-state index is 0.0407. The van der Waals surface area contributed by atoms with E-state index in [1.165, 1.54) is 0 Å². The van der Waals surface area contributed by atoms with Crippen LogP contribution in [0.15, 0.2) is 54.7 Å². The smallest absolute Gasteiger partial charge is 0.227 e. The van der Waals surface area contributed by atoms with Crippen molar-refractivity contribution in [2.24, 2.45) is 0 Å². The van der Waals surface area contributed by atoms with Crippen molar-refractivity contribution in [1.82, 2.24) is 4.98 Å². The molecule has 0 fully saturated rings. The molecule has 0 aliphatic rings. The number of aromatic hydroxyl groups is 1. The summed E-state index contributed by atoms with van der Waals surface area (Å²) in [5.74, 6) is 1.19. The zero-order valence-corrected chi connectivity index (χ0v) is 10.7. The fourth-order valence-corrected chi connectivity index (χ4v) is 2.03. The average Bonchev–Trinajstić information content (AvgIpc) is 2.48. The van der Waals surface area contributed by atoms with Crippen LogP contribution in [0.1, 0.15) is 5.56 Å². The highest BCUT2D eigenvalue weighted by Gasteiger charge is 2.06. The lowest BCUT2D eigenvalue weighted by molar-refractivity contribution is 0.281. The van der Waals surface area contributed by atoms with Crippen molar-refractivity contribution in [3.63, 3.8) is 0 Å². The number of aliphatic hydroxyl groups is 1. The van der Waals surface area contributed by atoms with Gasteiger partial charge in [0.2, 0.25) is 5.88 Å². The van der Waals surface area contributed by atoms with Crippen LogP contribution < -0.4 is 4.74 Å². The van der Waals surface area contributed by atoms with Crippen molar-refractivity contribution >= 4 is 10.8 Å². The first-order valence-electron chi connectivity index (χ1n) is 6.21. The molecule has 0 radical (unpaired) electrons. The molecule has 0 saturated carbocycles. The predicted molar refractivity (Wildman–Crippen MR) is 75.8 cm³/mol. The maximum atomic E-state index is 9.59. The van der Waals surface area contributed by atoms with Gasteiger partial charge in [-0.3, -0.25) is 0 Å². The summed E-state index contributed by atoms with van der Waals surface area (Å²) in [6.45, 7) is -0.0407. The lowest BCUT2D eigenvalue weighted by Crippen LogP contribution is -1.91. The van der Waals surface area contributed by atoms with Gasteiger partial charge in [-0.25, -0.2) is 4.98 Å². The third kappa shape index (κ3) is 2.41. The van der Waals surface area contributed by atoms with Gasteiger partial charge in [-0.15, -0.1) is 0 Å². The number of benzene rings is 2. The van der Waals surface area contributed by atoms with E-state index >= 15 is 0 Å². The van der Waals surface area contributed by atoms with Crippen LogP contribution in [0.5, 0.6) is 17.4 Å². The van der Waals surface area contributed by atoms with Gasteiger partial charge in [-0.2, -0.15) is 0 Å². The molecule has 0 amide bonds. The molecule has 3 rings (SSSR count). The summed E-state index contributed by atoms with van der Waals surface area (Å²) in [5, 5.41) is 20.4. The van der Waals surface area contributed by atoms with Crippen LogP contribution >= 0.6 is 0 Å². The van der Waals surface area contributed by atoms with Crippen LogP contribution in [0.25, 0.3) is 10.8 Å². The van der Waals surface area contributed by atoms with Crippen molar-refractivity contribution < 1.29 is 14.9 Å². The van der Waals surface area contributed by atoms with Gasteiger partial charge >= 0.3 is 0 Å². The number of nitrogens with zero attached hydrogens (tertiary/aromatic N) is 1. The van der Waals surface area contributed by atoms with Crippen LogP contribution in [-0.2, 0) is 6.61 Å². The zero-order chi connectivity index (χ0) is 13.9. The van der Waals surface area contributed by atoms with Crippen LogP contribution in [-0.4, -0.2) is 15.2 Å². The molecular weight excluding hydrogens is 254 g/mol. The predicted octanol–water partition coefficient (Wildman–Crippen LogP) is 3.23. The molecule has 100 valence electrons. The number of phenols is 1. The Hall–Kier alpha value is -2.59. The Bertz CT molecular complexity index is 756. The van der Waals surface area contributed by atoms with E-state index in [1.54, 1.807) is 30.5 Å². The monoisotopic (exact) mass is 267 g/mol. The molecule has 0 aliphatic carbocycles. The average molecular weight is 267 g/mol. The fraction of sp³-hybridized carbons (Fsp3) is 0.0625. The summed E-state index contributed by atoms with van der Waals surface area (Å²) in [7, 11) is 0. The number of hydrogen-bond acceptors (Lipinski definition) is 4. The molecule has 0 aliphatic heterocycles. The van der Waals surface area contributed by atoms with Crippen LogP contribution in [0.2, 0.25) is 0 Å². The molecule has 2 aromatic carbocycles. The highest BCUT2D eigenvalue weighted by molar-refractivity contribution is 5.88. The molecule has 4 nitrogen and oxygen atoms in total. The second kappa shape index (κ2) is 5.19. The number of phenolic OH excluding ortho intramolecular Hbond substituents is 1. The molecular formula is C16H13NO3. The maximum absolute atomic E-state index is 9.59. The van der Waals surface area contributed by atoms with E-state index in [0.717, 1.165) is 16.3 Å². The summed E-state index contributed by atoms with van der Waals surface area (Å²) >= 11 is 0. The van der Waals surface area contributed by atoms with Crippen LogP contribution in [0.4, 0.5) is 0 Å². The molecule has 2 N–H and O–H groups in total. The number of hydrogen-bond donors (Lipinski definition) is 2. The summed E-state index contributed by atoms with van der Waals surface area (Å²) in [6.07, 6.45) is 1.66. The van der Waals surface area contributed by atoms with E-state index in [1.807, 2.05) is 24.3 Å². The van der Waals surface area contributed by atoms with E-state index < -0.39 is 0 Å². The van der Waals surface area contributed by atoms with E-state index in [0.29, 0.717) is 11.6 Å². The largest absolute Gasteiger partial charge is 0.508 e. The van der Waals surface area contributed by atoms with Gasteiger partial charge in [0, 0.05) is 11.6 Å². The van der Waals surface area contributed by atoms with Crippen molar-refractivity contribution in [3.05, 3.63) is 60.3 Å². The van der Waals surface area contributed by atoms with Crippen LogP contribution in [0.3, 0.4) is 0 Å². The Labute approximate surface area is 115 Å².